The van der Waals surface area contributed by atoms with Gasteiger partial charge in [0.15, 0.2) is 11.5 Å². The Morgan fingerprint density at radius 2 is 2.06 bits per heavy atom. The fraction of sp³-hybridized carbons (Fsp3) is 0.231. The Morgan fingerprint density at radius 3 is 2.88 bits per heavy atom. The number of nitrogens with one attached hydrogen (secondary N) is 1. The number of thiophene rings is 1. The molecular formula is C13H13NO2S. The maximum atomic E-state index is 5.34. The average molecular weight is 247 g/mol. The van der Waals surface area contributed by atoms with E-state index in [4.69, 9.17) is 9.47 Å². The van der Waals surface area contributed by atoms with Crippen molar-refractivity contribution in [2.75, 3.05) is 12.1 Å². The lowest BCUT2D eigenvalue weighted by atomic mass is 10.2. The summed E-state index contributed by atoms with van der Waals surface area (Å²) < 4.78 is 10.6. The lowest BCUT2D eigenvalue weighted by Crippen LogP contribution is -1.96. The molecule has 0 aliphatic carbocycles. The number of aryl methyl sites for hydroxylation is 1. The van der Waals surface area contributed by atoms with Crippen LogP contribution in [-0.2, 0) is 6.54 Å². The van der Waals surface area contributed by atoms with Gasteiger partial charge in [0, 0.05) is 28.1 Å². The van der Waals surface area contributed by atoms with E-state index >= 15 is 0 Å². The summed E-state index contributed by atoms with van der Waals surface area (Å²) >= 11 is 1.81. The highest BCUT2D eigenvalue weighted by Gasteiger charge is 2.12. The van der Waals surface area contributed by atoms with Gasteiger partial charge in [-0.15, -0.1) is 11.3 Å². The van der Waals surface area contributed by atoms with Crippen molar-refractivity contribution >= 4 is 17.0 Å². The first kappa shape index (κ1) is 10.5. The fourth-order valence-electron chi connectivity index (χ4n) is 1.78. The van der Waals surface area contributed by atoms with Crippen molar-refractivity contribution in [3.8, 4) is 11.5 Å². The summed E-state index contributed by atoms with van der Waals surface area (Å²) in [4.78, 5) is 2.67. The lowest BCUT2D eigenvalue weighted by Gasteiger charge is -2.05. The number of anilines is 1. The van der Waals surface area contributed by atoms with Crippen LogP contribution in [0.5, 0.6) is 11.5 Å². The third-order valence-corrected chi connectivity index (χ3v) is 3.64. The van der Waals surface area contributed by atoms with Gasteiger partial charge in [-0.3, -0.25) is 0 Å². The minimum absolute atomic E-state index is 0.322. The van der Waals surface area contributed by atoms with Crippen LogP contribution in [0.3, 0.4) is 0 Å². The molecule has 4 heteroatoms. The topological polar surface area (TPSA) is 30.5 Å². The molecule has 1 aromatic heterocycles. The van der Waals surface area contributed by atoms with Crippen molar-refractivity contribution in [3.63, 3.8) is 0 Å². The zero-order valence-electron chi connectivity index (χ0n) is 9.53. The van der Waals surface area contributed by atoms with Crippen molar-refractivity contribution in [2.45, 2.75) is 13.5 Å². The highest BCUT2D eigenvalue weighted by atomic mass is 32.1. The molecule has 3 rings (SSSR count). The molecule has 0 saturated heterocycles. The van der Waals surface area contributed by atoms with Gasteiger partial charge < -0.3 is 14.8 Å². The van der Waals surface area contributed by atoms with Crippen molar-refractivity contribution in [2.24, 2.45) is 0 Å². The van der Waals surface area contributed by atoms with Crippen LogP contribution in [0.25, 0.3) is 0 Å². The zero-order valence-corrected chi connectivity index (χ0v) is 10.3. The second kappa shape index (κ2) is 4.30. The second-order valence-electron chi connectivity index (χ2n) is 3.93. The fourth-order valence-corrected chi connectivity index (χ4v) is 2.61. The van der Waals surface area contributed by atoms with E-state index in [1.165, 1.54) is 9.75 Å². The third kappa shape index (κ3) is 2.22. The van der Waals surface area contributed by atoms with Crippen LogP contribution in [0.1, 0.15) is 9.75 Å². The molecule has 17 heavy (non-hydrogen) atoms. The van der Waals surface area contributed by atoms with E-state index in [0.717, 1.165) is 23.7 Å². The molecule has 0 radical (unpaired) electrons. The van der Waals surface area contributed by atoms with Crippen molar-refractivity contribution in [1.29, 1.82) is 0 Å². The molecule has 0 unspecified atom stereocenters. The Morgan fingerprint density at radius 1 is 1.18 bits per heavy atom. The molecule has 2 aromatic rings. The maximum Gasteiger partial charge on any atom is 0.231 e. The SMILES string of the molecule is Cc1ccc(CNc2ccc3c(c2)OCO3)s1. The normalized spacial score (nSPS) is 12.8. The highest BCUT2D eigenvalue weighted by molar-refractivity contribution is 7.11. The average Bonchev–Trinajstić information content (AvgIpc) is 2.94. The Hall–Kier alpha value is -1.68. The summed E-state index contributed by atoms with van der Waals surface area (Å²) in [6, 6.07) is 10.2. The second-order valence-corrected chi connectivity index (χ2v) is 5.31. The van der Waals surface area contributed by atoms with E-state index in [2.05, 4.69) is 24.4 Å². The molecule has 0 saturated carbocycles. The standard InChI is InChI=1S/C13H13NO2S/c1-9-2-4-11(17-9)7-14-10-3-5-12-13(6-10)16-8-15-12/h2-6,14H,7-8H2,1H3. The van der Waals surface area contributed by atoms with Crippen LogP contribution in [-0.4, -0.2) is 6.79 Å². The van der Waals surface area contributed by atoms with Gasteiger partial charge in [-0.25, -0.2) is 0 Å². The number of fused-ring (bicyclic) bond motifs is 1. The quantitative estimate of drug-likeness (QED) is 0.901. The Bertz CT molecular complexity index is 536. The first-order chi connectivity index (χ1) is 8.31. The minimum Gasteiger partial charge on any atom is -0.454 e. The molecule has 2 heterocycles. The van der Waals surface area contributed by atoms with Gasteiger partial charge in [0.25, 0.3) is 0 Å². The highest BCUT2D eigenvalue weighted by Crippen LogP contribution is 2.34. The Kier molecular flexibility index (Phi) is 2.65. The molecular weight excluding hydrogens is 234 g/mol. The largest absolute Gasteiger partial charge is 0.454 e. The Labute approximate surface area is 104 Å². The van der Waals surface area contributed by atoms with Crippen LogP contribution in [0.2, 0.25) is 0 Å². The summed E-state index contributed by atoms with van der Waals surface area (Å²) in [6.45, 7) is 3.29. The molecule has 3 nitrogen and oxygen atoms in total. The van der Waals surface area contributed by atoms with Gasteiger partial charge in [0.2, 0.25) is 6.79 Å². The minimum atomic E-state index is 0.322. The molecule has 0 spiro atoms. The summed E-state index contributed by atoms with van der Waals surface area (Å²) in [5, 5.41) is 3.38. The number of hydrogen-bond donors (Lipinski definition) is 1. The molecule has 0 atom stereocenters. The number of benzene rings is 1. The molecule has 88 valence electrons. The van der Waals surface area contributed by atoms with Crippen LogP contribution in [0, 0.1) is 6.92 Å². The molecule has 1 N–H and O–H groups in total. The molecule has 1 aromatic carbocycles. The van der Waals surface area contributed by atoms with Crippen LogP contribution < -0.4 is 14.8 Å². The van der Waals surface area contributed by atoms with Gasteiger partial charge in [0.1, 0.15) is 0 Å². The molecule has 0 amide bonds. The van der Waals surface area contributed by atoms with E-state index in [9.17, 15) is 0 Å². The van der Waals surface area contributed by atoms with Gasteiger partial charge in [0.05, 0.1) is 0 Å². The Balaban J connectivity index is 1.69. The van der Waals surface area contributed by atoms with Gasteiger partial charge >= 0.3 is 0 Å². The van der Waals surface area contributed by atoms with Crippen molar-refractivity contribution in [1.82, 2.24) is 0 Å². The third-order valence-electron chi connectivity index (χ3n) is 2.64. The summed E-state index contributed by atoms with van der Waals surface area (Å²) in [5.74, 6) is 1.64. The summed E-state index contributed by atoms with van der Waals surface area (Å²) in [5.41, 5.74) is 1.06. The zero-order chi connectivity index (χ0) is 11.7. The predicted octanol–water partition coefficient (Wildman–Crippen LogP) is 3.40. The first-order valence-electron chi connectivity index (χ1n) is 5.50. The van der Waals surface area contributed by atoms with Gasteiger partial charge in [-0.2, -0.15) is 0 Å². The van der Waals surface area contributed by atoms with Crippen molar-refractivity contribution in [3.05, 3.63) is 40.1 Å². The predicted molar refractivity (Wildman–Crippen MR) is 68.9 cm³/mol. The number of rotatable bonds is 3. The first-order valence-corrected chi connectivity index (χ1v) is 6.32. The molecule has 1 aliphatic heterocycles. The van der Waals surface area contributed by atoms with Crippen LogP contribution in [0.4, 0.5) is 5.69 Å². The summed E-state index contributed by atoms with van der Waals surface area (Å²) in [7, 11) is 0. The number of hydrogen-bond acceptors (Lipinski definition) is 4. The van der Waals surface area contributed by atoms with E-state index < -0.39 is 0 Å². The molecule has 0 fully saturated rings. The van der Waals surface area contributed by atoms with Gasteiger partial charge in [-0.1, -0.05) is 0 Å². The van der Waals surface area contributed by atoms with Gasteiger partial charge in [-0.05, 0) is 31.2 Å². The summed E-state index contributed by atoms with van der Waals surface area (Å²) in [6.07, 6.45) is 0. The monoisotopic (exact) mass is 247 g/mol. The van der Waals surface area contributed by atoms with E-state index in [-0.39, 0.29) is 0 Å². The van der Waals surface area contributed by atoms with E-state index in [1.807, 2.05) is 29.5 Å². The maximum absolute atomic E-state index is 5.34. The van der Waals surface area contributed by atoms with Crippen LogP contribution in [0.15, 0.2) is 30.3 Å². The van der Waals surface area contributed by atoms with E-state index in [1.54, 1.807) is 0 Å². The van der Waals surface area contributed by atoms with Crippen molar-refractivity contribution < 1.29 is 9.47 Å². The number of ether oxygens (including phenoxy) is 2. The molecule has 1 aliphatic rings. The lowest BCUT2D eigenvalue weighted by molar-refractivity contribution is 0.174. The van der Waals surface area contributed by atoms with Crippen LogP contribution >= 0.6 is 11.3 Å². The smallest absolute Gasteiger partial charge is 0.231 e. The molecule has 0 bridgehead atoms. The van der Waals surface area contributed by atoms with E-state index in [0.29, 0.717) is 6.79 Å².